The summed E-state index contributed by atoms with van der Waals surface area (Å²) in [5.41, 5.74) is 0.759. The van der Waals surface area contributed by atoms with Crippen molar-refractivity contribution in [3.63, 3.8) is 0 Å². The van der Waals surface area contributed by atoms with Crippen molar-refractivity contribution in [2.24, 2.45) is 0 Å². The third kappa shape index (κ3) is 5.73. The Balaban J connectivity index is 2.10. The number of alkyl halides is 3. The van der Waals surface area contributed by atoms with E-state index in [1.54, 1.807) is 13.8 Å². The number of nitrogens with one attached hydrogen (secondary N) is 1. The van der Waals surface area contributed by atoms with Crippen molar-refractivity contribution in [2.75, 3.05) is 26.4 Å². The number of hydrogen-bond acceptors (Lipinski definition) is 6. The minimum Gasteiger partial charge on any atom is -0.475 e. The normalized spacial score (nSPS) is 15.8. The van der Waals surface area contributed by atoms with Gasteiger partial charge in [0.2, 0.25) is 6.10 Å². The Hall–Kier alpha value is -2.53. The molecular formula is C17H18ClF3N2O6. The Morgan fingerprint density at radius 1 is 1.34 bits per heavy atom. The van der Waals surface area contributed by atoms with Crippen LogP contribution in [0.25, 0.3) is 6.08 Å². The minimum absolute atomic E-state index is 0.00241. The first-order valence-corrected chi connectivity index (χ1v) is 8.78. The van der Waals surface area contributed by atoms with Crippen molar-refractivity contribution in [1.82, 2.24) is 5.32 Å². The summed E-state index contributed by atoms with van der Waals surface area (Å²) in [4.78, 5) is 26.3. The van der Waals surface area contributed by atoms with E-state index in [9.17, 15) is 28.1 Å². The Morgan fingerprint density at radius 3 is 2.66 bits per heavy atom. The highest BCUT2D eigenvalue weighted by atomic mass is 35.5. The van der Waals surface area contributed by atoms with Crippen LogP contribution in [0.3, 0.4) is 0 Å². The molecule has 1 aromatic rings. The molecule has 1 heterocycles. The summed E-state index contributed by atoms with van der Waals surface area (Å²) >= 11 is 6.16. The molecule has 8 nitrogen and oxygen atoms in total. The van der Waals surface area contributed by atoms with E-state index in [4.69, 9.17) is 21.1 Å². The second-order valence-electron chi connectivity index (χ2n) is 6.11. The number of nitrogens with zero attached hydrogens (tertiary/aromatic N) is 1. The number of halogens is 4. The fraction of sp³-hybridized carbons (Fsp3) is 0.471. The van der Waals surface area contributed by atoms with Crippen LogP contribution in [-0.4, -0.2) is 49.6 Å². The highest BCUT2D eigenvalue weighted by Crippen LogP contribution is 2.41. The molecule has 12 heteroatoms. The monoisotopic (exact) mass is 438 g/mol. The number of rotatable bonds is 8. The lowest BCUT2D eigenvalue weighted by molar-refractivity contribution is -0.758. The van der Waals surface area contributed by atoms with Gasteiger partial charge in [-0.1, -0.05) is 11.6 Å². The molecule has 0 saturated carbocycles. The molecule has 0 aromatic heterocycles. The average molecular weight is 439 g/mol. The molecule has 0 unspecified atom stereocenters. The molecule has 0 bridgehead atoms. The molecule has 1 aromatic carbocycles. The second kappa shape index (κ2) is 9.31. The summed E-state index contributed by atoms with van der Waals surface area (Å²) in [6.45, 7) is 2.67. The number of ether oxygens (including phenoxy) is 2. The fourth-order valence-electron chi connectivity index (χ4n) is 2.67. The van der Waals surface area contributed by atoms with Crippen LogP contribution in [0.2, 0.25) is 5.02 Å². The van der Waals surface area contributed by atoms with Crippen LogP contribution in [0, 0.1) is 24.0 Å². The van der Waals surface area contributed by atoms with Gasteiger partial charge < -0.3 is 19.6 Å². The molecule has 2 rings (SSSR count). The first-order chi connectivity index (χ1) is 13.5. The Kier molecular flexibility index (Phi) is 7.31. The molecule has 0 saturated heterocycles. The Bertz CT molecular complexity index is 828. The molecule has 1 aliphatic rings. The van der Waals surface area contributed by atoms with E-state index in [0.29, 0.717) is 21.7 Å². The summed E-state index contributed by atoms with van der Waals surface area (Å²) < 4.78 is 50.5. The highest BCUT2D eigenvalue weighted by molar-refractivity contribution is 6.32. The number of aryl methyl sites for hydroxylation is 1. The van der Waals surface area contributed by atoms with Gasteiger partial charge in [-0.2, -0.15) is 13.2 Å². The molecular weight excluding hydrogens is 421 g/mol. The molecule has 0 radical (unpaired) electrons. The van der Waals surface area contributed by atoms with E-state index in [0.717, 1.165) is 6.08 Å². The van der Waals surface area contributed by atoms with Crippen LogP contribution in [-0.2, 0) is 14.4 Å². The van der Waals surface area contributed by atoms with E-state index in [-0.39, 0.29) is 32.1 Å². The van der Waals surface area contributed by atoms with Crippen LogP contribution >= 0.6 is 11.6 Å². The summed E-state index contributed by atoms with van der Waals surface area (Å²) in [6.07, 6.45) is -6.11. The number of benzene rings is 1. The molecule has 1 amide bonds. The van der Waals surface area contributed by atoms with Gasteiger partial charge in [0, 0.05) is 17.1 Å². The van der Waals surface area contributed by atoms with Crippen molar-refractivity contribution < 1.29 is 37.4 Å². The lowest BCUT2D eigenvalue weighted by Gasteiger charge is -2.29. The number of hydrogen-bond donors (Lipinski definition) is 1. The predicted molar refractivity (Wildman–Crippen MR) is 96.1 cm³/mol. The SMILES string of the molecule is Cc1cc2c(c(C)c1Cl)C=C(C(=O)NCCOCCO[N+](=O)[O-])[C@@H](C(F)(F)F)O2. The maximum absolute atomic E-state index is 13.5. The van der Waals surface area contributed by atoms with Crippen molar-refractivity contribution in [3.05, 3.63) is 43.5 Å². The van der Waals surface area contributed by atoms with Crippen molar-refractivity contribution in [3.8, 4) is 5.75 Å². The van der Waals surface area contributed by atoms with Crippen molar-refractivity contribution in [2.45, 2.75) is 26.1 Å². The first-order valence-electron chi connectivity index (χ1n) is 8.40. The number of carbonyl (C=O) groups excluding carboxylic acids is 1. The zero-order valence-corrected chi connectivity index (χ0v) is 16.2. The zero-order chi connectivity index (χ0) is 21.8. The lowest BCUT2D eigenvalue weighted by Crippen LogP contribution is -2.44. The van der Waals surface area contributed by atoms with E-state index >= 15 is 0 Å². The number of amides is 1. The van der Waals surface area contributed by atoms with Gasteiger partial charge >= 0.3 is 6.18 Å². The molecule has 1 aliphatic heterocycles. The average Bonchev–Trinajstić information content (AvgIpc) is 2.63. The lowest BCUT2D eigenvalue weighted by atomic mass is 9.96. The molecule has 160 valence electrons. The number of fused-ring (bicyclic) bond motifs is 1. The quantitative estimate of drug-likeness (QED) is 0.380. The fourth-order valence-corrected chi connectivity index (χ4v) is 2.83. The predicted octanol–water partition coefficient (Wildman–Crippen LogP) is 3.00. The van der Waals surface area contributed by atoms with E-state index in [2.05, 4.69) is 10.2 Å². The summed E-state index contributed by atoms with van der Waals surface area (Å²) in [7, 11) is 0. The van der Waals surface area contributed by atoms with Gasteiger partial charge in [0.05, 0.1) is 18.8 Å². The van der Waals surface area contributed by atoms with Gasteiger partial charge in [-0.25, -0.2) is 0 Å². The van der Waals surface area contributed by atoms with Crippen LogP contribution in [0.5, 0.6) is 5.75 Å². The van der Waals surface area contributed by atoms with Crippen LogP contribution in [0.15, 0.2) is 11.6 Å². The molecule has 0 spiro atoms. The molecule has 29 heavy (non-hydrogen) atoms. The molecule has 0 aliphatic carbocycles. The van der Waals surface area contributed by atoms with Gasteiger partial charge in [0.1, 0.15) is 12.4 Å². The summed E-state index contributed by atoms with van der Waals surface area (Å²) in [6, 6.07) is 1.40. The maximum atomic E-state index is 13.5. The Labute approximate surface area is 168 Å². The molecule has 1 N–H and O–H groups in total. The van der Waals surface area contributed by atoms with Crippen molar-refractivity contribution in [1.29, 1.82) is 0 Å². The van der Waals surface area contributed by atoms with Gasteiger partial charge in [-0.3, -0.25) is 4.79 Å². The molecule has 1 atom stereocenters. The Morgan fingerprint density at radius 2 is 2.03 bits per heavy atom. The van der Waals surface area contributed by atoms with E-state index in [1.807, 2.05) is 0 Å². The highest BCUT2D eigenvalue weighted by Gasteiger charge is 2.48. The van der Waals surface area contributed by atoms with Crippen molar-refractivity contribution >= 4 is 23.6 Å². The van der Waals surface area contributed by atoms with Crippen LogP contribution < -0.4 is 10.1 Å². The third-order valence-electron chi connectivity index (χ3n) is 4.04. The zero-order valence-electron chi connectivity index (χ0n) is 15.5. The van der Waals surface area contributed by atoms with Gasteiger partial charge in [-0.15, -0.1) is 10.1 Å². The minimum atomic E-state index is -4.81. The second-order valence-corrected chi connectivity index (χ2v) is 6.49. The summed E-state index contributed by atoms with van der Waals surface area (Å²) in [5, 5.41) is 11.7. The van der Waals surface area contributed by atoms with E-state index in [1.165, 1.54) is 6.07 Å². The summed E-state index contributed by atoms with van der Waals surface area (Å²) in [5.74, 6) is -0.975. The van der Waals surface area contributed by atoms with Gasteiger partial charge in [-0.05, 0) is 37.1 Å². The maximum Gasteiger partial charge on any atom is 0.429 e. The number of carbonyl (C=O) groups is 1. The standard InChI is InChI=1S/C17H18ClF3N2O6/c1-9-7-13-11(10(2)14(9)18)8-12(15(29-13)17(19,20)21)16(24)22-3-4-27-5-6-28-23(25)26/h7-8,15H,3-6H2,1-2H3,(H,22,24)/t15-/m0/s1. The van der Waals surface area contributed by atoms with E-state index < -0.39 is 28.8 Å². The third-order valence-corrected chi connectivity index (χ3v) is 4.62. The van der Waals surface area contributed by atoms with Crippen LogP contribution in [0.1, 0.15) is 16.7 Å². The van der Waals surface area contributed by atoms with Gasteiger partial charge in [0.25, 0.3) is 11.0 Å². The largest absolute Gasteiger partial charge is 0.475 e. The topological polar surface area (TPSA) is 99.9 Å². The smallest absolute Gasteiger partial charge is 0.429 e. The molecule has 0 fully saturated rings. The van der Waals surface area contributed by atoms with Crippen LogP contribution in [0.4, 0.5) is 13.2 Å². The first kappa shape index (κ1) is 22.8. The van der Waals surface area contributed by atoms with Gasteiger partial charge in [0.15, 0.2) is 0 Å².